The number of benzene rings is 2. The van der Waals surface area contributed by atoms with Crippen LogP contribution in [0.25, 0.3) is 0 Å². The molecule has 150 valence electrons. The summed E-state index contributed by atoms with van der Waals surface area (Å²) < 4.78 is 11.2. The van der Waals surface area contributed by atoms with Gasteiger partial charge in [0.15, 0.2) is 6.61 Å². The second-order valence-corrected chi connectivity index (χ2v) is 7.09. The molecule has 0 aliphatic carbocycles. The molecule has 1 amide bonds. The molecule has 0 bridgehead atoms. The molecule has 2 aromatic carbocycles. The Hall–Kier alpha value is -2.53. The van der Waals surface area contributed by atoms with Crippen molar-refractivity contribution < 1.29 is 14.3 Å². The number of carbonyl (C=O) groups excluding carboxylic acids is 1. The Balaban J connectivity index is 1.58. The highest BCUT2D eigenvalue weighted by atomic mass is 16.5. The molecule has 0 radical (unpaired) electrons. The van der Waals surface area contributed by atoms with E-state index in [1.165, 1.54) is 18.4 Å². The third-order valence-electron chi connectivity index (χ3n) is 5.27. The van der Waals surface area contributed by atoms with Crippen LogP contribution in [-0.2, 0) is 11.2 Å². The fraction of sp³-hybridized carbons (Fsp3) is 0.435. The van der Waals surface area contributed by atoms with Crippen LogP contribution in [0.5, 0.6) is 11.5 Å². The van der Waals surface area contributed by atoms with Gasteiger partial charge >= 0.3 is 0 Å². The van der Waals surface area contributed by atoms with Crippen molar-refractivity contribution in [2.24, 2.45) is 0 Å². The van der Waals surface area contributed by atoms with E-state index in [4.69, 9.17) is 9.47 Å². The molecular formula is C23H30N2O3. The number of ether oxygens (including phenoxy) is 2. The number of likely N-dealkylation sites (tertiary alicyclic amines) is 1. The molecule has 0 spiro atoms. The second-order valence-electron chi connectivity index (χ2n) is 7.09. The van der Waals surface area contributed by atoms with Crippen molar-refractivity contribution in [2.75, 3.05) is 33.4 Å². The number of para-hydroxylation sites is 1. The van der Waals surface area contributed by atoms with Gasteiger partial charge < -0.3 is 14.8 Å². The largest absolute Gasteiger partial charge is 0.496 e. The number of methoxy groups -OCH3 is 1. The number of nitrogens with one attached hydrogen (secondary N) is 1. The molecule has 3 rings (SSSR count). The van der Waals surface area contributed by atoms with Crippen LogP contribution in [0.1, 0.15) is 36.9 Å². The average Bonchev–Trinajstić information content (AvgIpc) is 3.27. The van der Waals surface area contributed by atoms with Crippen LogP contribution in [0.4, 0.5) is 0 Å². The highest BCUT2D eigenvalue weighted by Gasteiger charge is 2.26. The van der Waals surface area contributed by atoms with Gasteiger partial charge in [-0.1, -0.05) is 37.3 Å². The first kappa shape index (κ1) is 20.2. The van der Waals surface area contributed by atoms with Gasteiger partial charge in [0, 0.05) is 12.1 Å². The summed E-state index contributed by atoms with van der Waals surface area (Å²) in [6.07, 6.45) is 3.37. The van der Waals surface area contributed by atoms with E-state index in [9.17, 15) is 4.79 Å². The van der Waals surface area contributed by atoms with E-state index >= 15 is 0 Å². The van der Waals surface area contributed by atoms with Crippen molar-refractivity contribution in [1.29, 1.82) is 0 Å². The van der Waals surface area contributed by atoms with Crippen molar-refractivity contribution in [3.63, 3.8) is 0 Å². The first-order valence-corrected chi connectivity index (χ1v) is 10.1. The minimum absolute atomic E-state index is 0.0180. The van der Waals surface area contributed by atoms with Crippen molar-refractivity contribution in [2.45, 2.75) is 32.2 Å². The van der Waals surface area contributed by atoms with Gasteiger partial charge in [0.05, 0.1) is 13.2 Å². The van der Waals surface area contributed by atoms with Crippen LogP contribution in [0.15, 0.2) is 48.5 Å². The summed E-state index contributed by atoms with van der Waals surface area (Å²) in [6, 6.07) is 16.0. The molecule has 2 aromatic rings. The minimum Gasteiger partial charge on any atom is -0.496 e. The summed E-state index contributed by atoms with van der Waals surface area (Å²) in [4.78, 5) is 14.8. The van der Waals surface area contributed by atoms with Gasteiger partial charge in [0.25, 0.3) is 5.91 Å². The number of hydrogen-bond acceptors (Lipinski definition) is 4. The third-order valence-corrected chi connectivity index (χ3v) is 5.27. The van der Waals surface area contributed by atoms with Crippen molar-refractivity contribution in [1.82, 2.24) is 10.2 Å². The Kier molecular flexibility index (Phi) is 7.31. The van der Waals surface area contributed by atoms with Gasteiger partial charge in [0.1, 0.15) is 11.5 Å². The zero-order chi connectivity index (χ0) is 19.8. The second kappa shape index (κ2) is 10.1. The molecule has 1 heterocycles. The maximum atomic E-state index is 12.4. The van der Waals surface area contributed by atoms with Gasteiger partial charge in [0.2, 0.25) is 0 Å². The minimum atomic E-state index is -0.112. The molecule has 1 unspecified atom stereocenters. The zero-order valence-electron chi connectivity index (χ0n) is 16.8. The van der Waals surface area contributed by atoms with Gasteiger partial charge in [-0.25, -0.2) is 0 Å². The lowest BCUT2D eigenvalue weighted by Gasteiger charge is -2.29. The summed E-state index contributed by atoms with van der Waals surface area (Å²) >= 11 is 0. The van der Waals surface area contributed by atoms with E-state index in [1.807, 2.05) is 42.5 Å². The molecule has 1 saturated heterocycles. The van der Waals surface area contributed by atoms with Crippen molar-refractivity contribution in [3.05, 3.63) is 59.7 Å². The molecule has 5 heteroatoms. The molecular weight excluding hydrogens is 352 g/mol. The Bertz CT molecular complexity index is 755. The van der Waals surface area contributed by atoms with E-state index in [2.05, 4.69) is 23.2 Å². The number of hydrogen-bond donors (Lipinski definition) is 1. The molecule has 28 heavy (non-hydrogen) atoms. The van der Waals surface area contributed by atoms with Crippen LogP contribution in [-0.4, -0.2) is 44.2 Å². The standard InChI is InChI=1S/C23H30N2O3/c1-3-18-10-12-19(13-11-18)28-17-23(26)24-16-21(25-14-6-7-15-25)20-8-4-5-9-22(20)27-2/h4-5,8-13,21H,3,6-7,14-17H2,1-2H3,(H,24,26). The highest BCUT2D eigenvalue weighted by molar-refractivity contribution is 5.77. The van der Waals surface area contributed by atoms with Crippen molar-refractivity contribution in [3.8, 4) is 11.5 Å². The quantitative estimate of drug-likeness (QED) is 0.720. The summed E-state index contributed by atoms with van der Waals surface area (Å²) in [5.74, 6) is 1.47. The number of rotatable bonds is 9. The molecule has 1 atom stereocenters. The van der Waals surface area contributed by atoms with Crippen molar-refractivity contribution >= 4 is 5.91 Å². The Labute approximate surface area is 167 Å². The van der Waals surface area contributed by atoms with Gasteiger partial charge in [-0.15, -0.1) is 0 Å². The Morgan fingerprint density at radius 3 is 2.50 bits per heavy atom. The fourth-order valence-electron chi connectivity index (χ4n) is 3.66. The molecule has 1 N–H and O–H groups in total. The van der Waals surface area contributed by atoms with Crippen LogP contribution in [0.3, 0.4) is 0 Å². The van der Waals surface area contributed by atoms with Gasteiger partial charge in [-0.3, -0.25) is 9.69 Å². The van der Waals surface area contributed by atoms with Gasteiger partial charge in [-0.2, -0.15) is 0 Å². The van der Waals surface area contributed by atoms with E-state index in [0.717, 1.165) is 30.8 Å². The summed E-state index contributed by atoms with van der Waals surface area (Å²) in [7, 11) is 1.69. The summed E-state index contributed by atoms with van der Waals surface area (Å²) in [6.45, 7) is 4.75. The van der Waals surface area contributed by atoms with E-state index < -0.39 is 0 Å². The zero-order valence-corrected chi connectivity index (χ0v) is 16.8. The normalized spacial score (nSPS) is 15.2. The fourth-order valence-corrected chi connectivity index (χ4v) is 3.66. The first-order chi connectivity index (χ1) is 13.7. The van der Waals surface area contributed by atoms with Gasteiger partial charge in [-0.05, 0) is 56.1 Å². The molecule has 1 aliphatic rings. The maximum Gasteiger partial charge on any atom is 0.258 e. The van der Waals surface area contributed by atoms with Crippen LogP contribution in [0.2, 0.25) is 0 Å². The molecule has 0 aromatic heterocycles. The topological polar surface area (TPSA) is 50.8 Å². The lowest BCUT2D eigenvalue weighted by atomic mass is 10.0. The molecule has 1 fully saturated rings. The van der Waals surface area contributed by atoms with E-state index in [-0.39, 0.29) is 18.6 Å². The molecule has 0 saturated carbocycles. The first-order valence-electron chi connectivity index (χ1n) is 10.1. The summed E-state index contributed by atoms with van der Waals surface area (Å²) in [5, 5.41) is 3.04. The molecule has 5 nitrogen and oxygen atoms in total. The predicted molar refractivity (Wildman–Crippen MR) is 111 cm³/mol. The maximum absolute atomic E-state index is 12.4. The van der Waals surface area contributed by atoms with Crippen LogP contribution >= 0.6 is 0 Å². The predicted octanol–water partition coefficient (Wildman–Crippen LogP) is 3.59. The lowest BCUT2D eigenvalue weighted by Crippen LogP contribution is -2.38. The smallest absolute Gasteiger partial charge is 0.258 e. The molecule has 1 aliphatic heterocycles. The van der Waals surface area contributed by atoms with Crippen LogP contribution < -0.4 is 14.8 Å². The van der Waals surface area contributed by atoms with E-state index in [0.29, 0.717) is 12.3 Å². The number of aryl methyl sites for hydroxylation is 1. The SMILES string of the molecule is CCc1ccc(OCC(=O)NCC(c2ccccc2OC)N2CCCC2)cc1. The van der Waals surface area contributed by atoms with Crippen LogP contribution in [0, 0.1) is 0 Å². The van der Waals surface area contributed by atoms with E-state index in [1.54, 1.807) is 7.11 Å². The number of carbonyl (C=O) groups is 1. The number of amides is 1. The Morgan fingerprint density at radius 1 is 1.11 bits per heavy atom. The lowest BCUT2D eigenvalue weighted by molar-refractivity contribution is -0.123. The Morgan fingerprint density at radius 2 is 1.82 bits per heavy atom. The monoisotopic (exact) mass is 382 g/mol. The third kappa shape index (κ3) is 5.26. The summed E-state index contributed by atoms with van der Waals surface area (Å²) in [5.41, 5.74) is 2.37. The number of nitrogens with zero attached hydrogens (tertiary/aromatic N) is 1. The highest BCUT2D eigenvalue weighted by Crippen LogP contribution is 2.31. The average molecular weight is 383 g/mol.